The van der Waals surface area contributed by atoms with Crippen LogP contribution in [0, 0.1) is 17.7 Å². The van der Waals surface area contributed by atoms with Crippen molar-refractivity contribution in [3.05, 3.63) is 29.6 Å². The predicted octanol–water partition coefficient (Wildman–Crippen LogP) is 3.59. The van der Waals surface area contributed by atoms with Gasteiger partial charge in [-0.25, -0.2) is 4.39 Å². The number of halogens is 1. The largest absolute Gasteiger partial charge is 0.494 e. The number of hydrogen-bond acceptors (Lipinski definition) is 2. The summed E-state index contributed by atoms with van der Waals surface area (Å²) < 4.78 is 19.5. The Kier molecular flexibility index (Phi) is 3.25. The molecule has 1 aromatic rings. The number of hydrogen-bond donors (Lipinski definition) is 1. The second-order valence-corrected chi connectivity index (χ2v) is 6.17. The number of nitrogens with two attached hydrogens (primary N) is 1. The van der Waals surface area contributed by atoms with Crippen molar-refractivity contribution < 1.29 is 9.13 Å². The second-order valence-electron chi connectivity index (χ2n) is 6.17. The SMILES string of the molecule is COc1cccc(C2(N)CCCC(C3CC3)C2)c1F. The van der Waals surface area contributed by atoms with Crippen LogP contribution in [-0.2, 0) is 5.54 Å². The molecular formula is C16H22FNO. The molecule has 2 aliphatic rings. The highest BCUT2D eigenvalue weighted by atomic mass is 19.1. The zero-order valence-electron chi connectivity index (χ0n) is 11.5. The maximum absolute atomic E-state index is 14.4. The fourth-order valence-electron chi connectivity index (χ4n) is 3.62. The van der Waals surface area contributed by atoms with Crippen molar-refractivity contribution in [2.24, 2.45) is 17.6 Å². The maximum atomic E-state index is 14.4. The van der Waals surface area contributed by atoms with Crippen molar-refractivity contribution >= 4 is 0 Å². The summed E-state index contributed by atoms with van der Waals surface area (Å²) in [6, 6.07) is 5.32. The standard InChI is InChI=1S/C16H22FNO/c1-19-14-6-2-5-13(15(14)17)16(18)9-3-4-12(10-16)11-7-8-11/h2,5-6,11-12H,3-4,7-10,18H2,1H3. The van der Waals surface area contributed by atoms with Gasteiger partial charge in [-0.3, -0.25) is 0 Å². The van der Waals surface area contributed by atoms with E-state index in [0.29, 0.717) is 17.2 Å². The molecule has 3 rings (SSSR count). The molecule has 0 heterocycles. The lowest BCUT2D eigenvalue weighted by Crippen LogP contribution is -2.42. The van der Waals surface area contributed by atoms with Gasteiger partial charge >= 0.3 is 0 Å². The van der Waals surface area contributed by atoms with Crippen LogP contribution >= 0.6 is 0 Å². The molecule has 0 spiro atoms. The first-order chi connectivity index (χ1) is 9.14. The molecule has 0 amide bonds. The highest BCUT2D eigenvalue weighted by molar-refractivity contribution is 5.36. The molecule has 0 radical (unpaired) electrons. The Balaban J connectivity index is 1.90. The minimum absolute atomic E-state index is 0.274. The zero-order valence-corrected chi connectivity index (χ0v) is 11.5. The summed E-state index contributed by atoms with van der Waals surface area (Å²) in [5.41, 5.74) is 6.69. The van der Waals surface area contributed by atoms with E-state index in [1.807, 2.05) is 12.1 Å². The third-order valence-corrected chi connectivity index (χ3v) is 4.83. The molecule has 1 aromatic carbocycles. The summed E-state index contributed by atoms with van der Waals surface area (Å²) >= 11 is 0. The molecule has 0 bridgehead atoms. The molecule has 2 aliphatic carbocycles. The van der Waals surface area contributed by atoms with Crippen LogP contribution in [0.15, 0.2) is 18.2 Å². The highest BCUT2D eigenvalue weighted by Crippen LogP contribution is 2.49. The van der Waals surface area contributed by atoms with Crippen LogP contribution in [-0.4, -0.2) is 7.11 Å². The fraction of sp³-hybridized carbons (Fsp3) is 0.625. The Bertz CT molecular complexity index is 472. The van der Waals surface area contributed by atoms with Crippen LogP contribution < -0.4 is 10.5 Å². The van der Waals surface area contributed by atoms with Crippen LogP contribution in [0.2, 0.25) is 0 Å². The minimum atomic E-state index is -0.510. The average molecular weight is 263 g/mol. The molecule has 3 heteroatoms. The van der Waals surface area contributed by atoms with Gasteiger partial charge in [-0.05, 0) is 43.6 Å². The quantitative estimate of drug-likeness (QED) is 0.904. The van der Waals surface area contributed by atoms with Crippen LogP contribution in [0.4, 0.5) is 4.39 Å². The molecule has 0 saturated heterocycles. The lowest BCUT2D eigenvalue weighted by atomic mass is 9.71. The molecule has 2 fully saturated rings. The lowest BCUT2D eigenvalue weighted by Gasteiger charge is -2.39. The summed E-state index contributed by atoms with van der Waals surface area (Å²) in [4.78, 5) is 0. The Morgan fingerprint density at radius 3 is 2.74 bits per heavy atom. The summed E-state index contributed by atoms with van der Waals surface area (Å²) in [5, 5.41) is 0. The Morgan fingerprint density at radius 1 is 1.26 bits per heavy atom. The normalized spacial score (nSPS) is 31.2. The molecule has 2 N–H and O–H groups in total. The Labute approximate surface area is 114 Å². The van der Waals surface area contributed by atoms with Crippen LogP contribution in [0.5, 0.6) is 5.75 Å². The van der Waals surface area contributed by atoms with Crippen molar-refractivity contribution in [3.8, 4) is 5.75 Å². The predicted molar refractivity (Wildman–Crippen MR) is 73.5 cm³/mol. The van der Waals surface area contributed by atoms with E-state index in [2.05, 4.69) is 0 Å². The Morgan fingerprint density at radius 2 is 2.05 bits per heavy atom. The van der Waals surface area contributed by atoms with E-state index >= 15 is 0 Å². The van der Waals surface area contributed by atoms with Gasteiger partial charge in [0, 0.05) is 11.1 Å². The molecule has 2 atom stereocenters. The van der Waals surface area contributed by atoms with Crippen molar-refractivity contribution in [2.75, 3.05) is 7.11 Å². The molecule has 0 aliphatic heterocycles. The number of benzene rings is 1. The molecule has 2 unspecified atom stereocenters. The van der Waals surface area contributed by atoms with Gasteiger partial charge in [0.25, 0.3) is 0 Å². The highest BCUT2D eigenvalue weighted by Gasteiger charge is 2.42. The zero-order chi connectivity index (χ0) is 13.5. The van der Waals surface area contributed by atoms with E-state index in [0.717, 1.165) is 25.2 Å². The van der Waals surface area contributed by atoms with E-state index in [1.165, 1.54) is 26.4 Å². The van der Waals surface area contributed by atoms with Crippen molar-refractivity contribution in [3.63, 3.8) is 0 Å². The second kappa shape index (κ2) is 4.78. The number of methoxy groups -OCH3 is 1. The van der Waals surface area contributed by atoms with Crippen molar-refractivity contribution in [1.82, 2.24) is 0 Å². The summed E-state index contributed by atoms with van der Waals surface area (Å²) in [5.74, 6) is 1.56. The van der Waals surface area contributed by atoms with Gasteiger partial charge in [0.15, 0.2) is 11.6 Å². The van der Waals surface area contributed by atoms with E-state index in [1.54, 1.807) is 6.07 Å². The average Bonchev–Trinajstić information content (AvgIpc) is 3.23. The first kappa shape index (κ1) is 12.9. The van der Waals surface area contributed by atoms with Crippen LogP contribution in [0.3, 0.4) is 0 Å². The van der Waals surface area contributed by atoms with E-state index in [9.17, 15) is 4.39 Å². The Hall–Kier alpha value is -1.09. The third-order valence-electron chi connectivity index (χ3n) is 4.83. The van der Waals surface area contributed by atoms with Gasteiger partial charge < -0.3 is 10.5 Å². The van der Waals surface area contributed by atoms with Crippen LogP contribution in [0.25, 0.3) is 0 Å². The fourth-order valence-corrected chi connectivity index (χ4v) is 3.62. The minimum Gasteiger partial charge on any atom is -0.494 e. The summed E-state index contributed by atoms with van der Waals surface area (Å²) in [7, 11) is 1.50. The van der Waals surface area contributed by atoms with Gasteiger partial charge in [0.2, 0.25) is 0 Å². The van der Waals surface area contributed by atoms with E-state index in [-0.39, 0.29) is 5.82 Å². The first-order valence-corrected chi connectivity index (χ1v) is 7.26. The van der Waals surface area contributed by atoms with Gasteiger partial charge in [0.05, 0.1) is 7.11 Å². The van der Waals surface area contributed by atoms with Crippen molar-refractivity contribution in [1.29, 1.82) is 0 Å². The van der Waals surface area contributed by atoms with E-state index < -0.39 is 5.54 Å². The topological polar surface area (TPSA) is 35.2 Å². The first-order valence-electron chi connectivity index (χ1n) is 7.26. The van der Waals surface area contributed by atoms with Gasteiger partial charge in [-0.1, -0.05) is 25.0 Å². The number of ether oxygens (including phenoxy) is 1. The smallest absolute Gasteiger partial charge is 0.170 e. The molecule has 2 saturated carbocycles. The van der Waals surface area contributed by atoms with Crippen molar-refractivity contribution in [2.45, 2.75) is 44.1 Å². The molecule has 104 valence electrons. The molecule has 19 heavy (non-hydrogen) atoms. The maximum Gasteiger partial charge on any atom is 0.170 e. The third kappa shape index (κ3) is 2.36. The lowest BCUT2D eigenvalue weighted by molar-refractivity contribution is 0.201. The molecule has 2 nitrogen and oxygen atoms in total. The monoisotopic (exact) mass is 263 g/mol. The van der Waals surface area contributed by atoms with Gasteiger partial charge in [-0.2, -0.15) is 0 Å². The summed E-state index contributed by atoms with van der Waals surface area (Å²) in [6.45, 7) is 0. The van der Waals surface area contributed by atoms with E-state index in [4.69, 9.17) is 10.5 Å². The van der Waals surface area contributed by atoms with Crippen LogP contribution in [0.1, 0.15) is 44.1 Å². The number of rotatable bonds is 3. The molecule has 0 aromatic heterocycles. The van der Waals surface area contributed by atoms with Gasteiger partial charge in [-0.15, -0.1) is 0 Å². The van der Waals surface area contributed by atoms with Gasteiger partial charge in [0.1, 0.15) is 0 Å². The molecular weight excluding hydrogens is 241 g/mol. The summed E-state index contributed by atoms with van der Waals surface area (Å²) in [6.07, 6.45) is 6.83.